The minimum absolute atomic E-state index is 0.380. The number of nitrogens with one attached hydrogen (secondary N) is 2. The van der Waals surface area contributed by atoms with Crippen LogP contribution < -0.4 is 9.57 Å². The molecule has 2 N–H and O–H groups in total. The van der Waals surface area contributed by atoms with Crippen LogP contribution in [0.25, 0.3) is 68.6 Å². The van der Waals surface area contributed by atoms with Gasteiger partial charge >= 0.3 is 0 Å². The number of quaternary nitrogens is 2. The summed E-state index contributed by atoms with van der Waals surface area (Å²) in [6.45, 7) is 1.76. The lowest BCUT2D eigenvalue weighted by Crippen LogP contribution is -2.37. The zero-order valence-corrected chi connectivity index (χ0v) is 29.1. The predicted octanol–water partition coefficient (Wildman–Crippen LogP) is 8.46. The predicted molar refractivity (Wildman–Crippen MR) is 201 cm³/mol. The SMILES string of the molecule is C[N+](C)(C)CCCOc1ccc(-c2c3nc(cc4ccc([nH]4)c(-c4ccc(O[N+](C)(C)C)cc4)c4nc(cc5ccc2[nH]5)C=C4)C=C3)cc1. The summed E-state index contributed by atoms with van der Waals surface area (Å²) >= 11 is 0. The maximum Gasteiger partial charge on any atom is 0.190 e. The lowest BCUT2D eigenvalue weighted by molar-refractivity contribution is -1.03. The van der Waals surface area contributed by atoms with Gasteiger partial charge in [0.25, 0.3) is 0 Å². The lowest BCUT2D eigenvalue weighted by atomic mass is 10.0. The van der Waals surface area contributed by atoms with E-state index >= 15 is 0 Å². The number of rotatable bonds is 9. The van der Waals surface area contributed by atoms with Crippen LogP contribution in [0.15, 0.2) is 84.9 Å². The highest BCUT2D eigenvalue weighted by molar-refractivity contribution is 5.93. The Kier molecular flexibility index (Phi) is 8.44. The van der Waals surface area contributed by atoms with Crippen molar-refractivity contribution < 1.29 is 18.7 Å². The molecule has 2 aliphatic rings. The Morgan fingerprint density at radius 2 is 1.06 bits per heavy atom. The molecule has 3 aromatic heterocycles. The maximum atomic E-state index is 6.07. The molecule has 0 saturated carbocycles. The highest BCUT2D eigenvalue weighted by Crippen LogP contribution is 2.33. The lowest BCUT2D eigenvalue weighted by Gasteiger charge is -2.23. The smallest absolute Gasteiger partial charge is 0.190 e. The average molecular weight is 653 g/mol. The third kappa shape index (κ3) is 7.67. The van der Waals surface area contributed by atoms with Crippen molar-refractivity contribution in [3.05, 3.63) is 108 Å². The average Bonchev–Trinajstić information content (AvgIpc) is 3.87. The molecule has 8 bridgehead atoms. The van der Waals surface area contributed by atoms with Gasteiger partial charge in [0.05, 0.1) is 57.1 Å². The van der Waals surface area contributed by atoms with E-state index in [-0.39, 0.29) is 0 Å². The van der Waals surface area contributed by atoms with Gasteiger partial charge in [0.15, 0.2) is 5.75 Å². The second-order valence-electron chi connectivity index (χ2n) is 14.4. The first-order valence-electron chi connectivity index (χ1n) is 16.7. The summed E-state index contributed by atoms with van der Waals surface area (Å²) in [6.07, 6.45) is 9.30. The highest BCUT2D eigenvalue weighted by Gasteiger charge is 2.15. The first kappa shape index (κ1) is 32.1. The van der Waals surface area contributed by atoms with E-state index in [1.165, 1.54) is 0 Å². The summed E-state index contributed by atoms with van der Waals surface area (Å²) in [5.74, 6) is 1.68. The van der Waals surface area contributed by atoms with Crippen LogP contribution in [0.3, 0.4) is 0 Å². The molecule has 0 radical (unpaired) electrons. The molecule has 8 heteroatoms. The minimum atomic E-state index is 0.380. The molecule has 0 spiro atoms. The number of ether oxygens (including phenoxy) is 1. The molecule has 2 aromatic carbocycles. The number of benzene rings is 2. The number of hydrogen-bond donors (Lipinski definition) is 2. The molecule has 0 amide bonds. The summed E-state index contributed by atoms with van der Waals surface area (Å²) in [5, 5.41) is 0. The fourth-order valence-corrected chi connectivity index (χ4v) is 6.13. The molecule has 0 aliphatic carbocycles. The molecule has 7 rings (SSSR count). The minimum Gasteiger partial charge on any atom is -0.493 e. The number of nitrogens with zero attached hydrogens (tertiary/aromatic N) is 4. The highest BCUT2D eigenvalue weighted by atomic mass is 16.7. The van der Waals surface area contributed by atoms with Crippen molar-refractivity contribution >= 4 is 46.4 Å². The zero-order valence-electron chi connectivity index (χ0n) is 29.1. The number of H-pyrrole nitrogens is 2. The van der Waals surface area contributed by atoms with Gasteiger partial charge in [0.2, 0.25) is 0 Å². The van der Waals surface area contributed by atoms with Crippen LogP contribution in [-0.4, -0.2) is 84.5 Å². The van der Waals surface area contributed by atoms with Gasteiger partial charge in [-0.15, -0.1) is 4.65 Å². The first-order chi connectivity index (χ1) is 23.5. The molecule has 2 aliphatic heterocycles. The Labute approximate surface area is 287 Å². The number of fused-ring (bicyclic) bond motifs is 8. The van der Waals surface area contributed by atoms with Crippen LogP contribution in [0.4, 0.5) is 0 Å². The molecule has 0 unspecified atom stereocenters. The molecular weight excluding hydrogens is 608 g/mol. The summed E-state index contributed by atoms with van der Waals surface area (Å²) in [4.78, 5) is 23.5. The fraction of sp³-hybridized carbons (Fsp3) is 0.220. The summed E-state index contributed by atoms with van der Waals surface area (Å²) < 4.78 is 7.38. The van der Waals surface area contributed by atoms with Gasteiger partial charge in [-0.25, -0.2) is 9.97 Å². The van der Waals surface area contributed by atoms with Crippen LogP contribution in [-0.2, 0) is 0 Å². The molecule has 8 nitrogen and oxygen atoms in total. The largest absolute Gasteiger partial charge is 0.493 e. The molecule has 0 saturated heterocycles. The van der Waals surface area contributed by atoms with Gasteiger partial charge in [-0.3, -0.25) is 0 Å². The van der Waals surface area contributed by atoms with Crippen molar-refractivity contribution in [2.75, 3.05) is 55.4 Å². The van der Waals surface area contributed by atoms with Gasteiger partial charge in [-0.05, 0) is 96.1 Å². The third-order valence-electron chi connectivity index (χ3n) is 8.31. The third-order valence-corrected chi connectivity index (χ3v) is 8.31. The van der Waals surface area contributed by atoms with Gasteiger partial charge in [0.1, 0.15) is 26.9 Å². The van der Waals surface area contributed by atoms with Gasteiger partial charge < -0.3 is 24.0 Å². The number of hydroxylamine groups is 3. The second kappa shape index (κ2) is 12.9. The van der Waals surface area contributed by atoms with E-state index < -0.39 is 0 Å². The van der Waals surface area contributed by atoms with Crippen LogP contribution >= 0.6 is 0 Å². The Hall–Kier alpha value is -5.44. The monoisotopic (exact) mass is 652 g/mol. The van der Waals surface area contributed by atoms with Crippen LogP contribution in [0.1, 0.15) is 29.2 Å². The Balaban J connectivity index is 1.32. The van der Waals surface area contributed by atoms with E-state index in [4.69, 9.17) is 19.5 Å². The fourth-order valence-electron chi connectivity index (χ4n) is 6.13. The Morgan fingerprint density at radius 3 is 1.53 bits per heavy atom. The molecule has 0 fully saturated rings. The first-order valence-corrected chi connectivity index (χ1v) is 16.7. The number of aromatic nitrogens is 4. The van der Waals surface area contributed by atoms with Crippen molar-refractivity contribution in [1.82, 2.24) is 19.9 Å². The normalized spacial score (nSPS) is 12.8. The van der Waals surface area contributed by atoms with Crippen LogP contribution in [0.5, 0.6) is 11.5 Å². The molecule has 49 heavy (non-hydrogen) atoms. The number of aromatic amines is 2. The molecular formula is C41H44N6O2+2. The van der Waals surface area contributed by atoms with E-state index in [9.17, 15) is 0 Å². The van der Waals surface area contributed by atoms with Crippen LogP contribution in [0.2, 0.25) is 0 Å². The summed E-state index contributed by atoms with van der Waals surface area (Å²) in [5.41, 5.74) is 11.6. The summed E-state index contributed by atoms with van der Waals surface area (Å²) in [6, 6.07) is 29.1. The van der Waals surface area contributed by atoms with E-state index in [1.54, 1.807) is 0 Å². The van der Waals surface area contributed by atoms with Crippen molar-refractivity contribution in [1.29, 1.82) is 0 Å². The van der Waals surface area contributed by atoms with Gasteiger partial charge in [0, 0.05) is 39.6 Å². The quantitative estimate of drug-likeness (QED) is 0.0932. The zero-order chi connectivity index (χ0) is 34.2. The maximum absolute atomic E-state index is 6.07. The number of hydrogen-bond acceptors (Lipinski definition) is 4. The van der Waals surface area contributed by atoms with E-state index in [2.05, 4.69) is 116 Å². The van der Waals surface area contributed by atoms with Crippen LogP contribution in [0, 0.1) is 0 Å². The van der Waals surface area contributed by atoms with Crippen molar-refractivity contribution in [3.8, 4) is 33.8 Å². The topological polar surface area (TPSA) is 75.8 Å². The molecule has 0 atom stereocenters. The Morgan fingerprint density at radius 1 is 0.571 bits per heavy atom. The van der Waals surface area contributed by atoms with Crippen molar-refractivity contribution in [2.45, 2.75) is 6.42 Å². The van der Waals surface area contributed by atoms with Crippen molar-refractivity contribution in [2.24, 2.45) is 0 Å². The van der Waals surface area contributed by atoms with Gasteiger partial charge in [-0.1, -0.05) is 24.3 Å². The Bertz CT molecular complexity index is 2210. The van der Waals surface area contributed by atoms with Crippen molar-refractivity contribution in [3.63, 3.8) is 0 Å². The molecule has 5 aromatic rings. The van der Waals surface area contributed by atoms with Gasteiger partial charge in [-0.2, -0.15) is 0 Å². The molecule has 5 heterocycles. The molecule has 248 valence electrons. The second-order valence-corrected chi connectivity index (χ2v) is 14.4. The summed E-state index contributed by atoms with van der Waals surface area (Å²) in [7, 11) is 12.6. The van der Waals surface area contributed by atoms with E-state index in [0.717, 1.165) is 96.0 Å². The standard InChI is InChI=1S/C41H44N6O2/c1-46(2,3)24-7-25-48-34-16-8-28(9-17-34)40-36-20-12-30(42-36)26-32-14-22-38(44-32)41(29-10-18-35(19-11-29)49-47(4,5)6)39-23-15-33(45-39)27-31-13-21-37(40)43-31/h8-23,26-27,42,45H,7,24-25H2,1-6H3/q+2. The van der Waals surface area contributed by atoms with E-state index in [0.29, 0.717) is 11.3 Å². The van der Waals surface area contributed by atoms with E-state index in [1.807, 2.05) is 45.4 Å².